The average Bonchev–Trinajstić information content (AvgIpc) is 2.47. The van der Waals surface area contributed by atoms with Crippen LogP contribution < -0.4 is 10.5 Å². The van der Waals surface area contributed by atoms with Crippen LogP contribution in [0.2, 0.25) is 0 Å². The van der Waals surface area contributed by atoms with Crippen LogP contribution in [0, 0.1) is 11.3 Å². The zero-order valence-corrected chi connectivity index (χ0v) is 12.3. The Morgan fingerprint density at radius 1 is 1.50 bits per heavy atom. The van der Waals surface area contributed by atoms with E-state index in [0.717, 1.165) is 13.1 Å². The van der Waals surface area contributed by atoms with Crippen molar-refractivity contribution in [2.45, 2.75) is 44.8 Å². The quantitative estimate of drug-likeness (QED) is 0.914. The van der Waals surface area contributed by atoms with Crippen LogP contribution in [0.1, 0.15) is 37.3 Å². The third-order valence-corrected chi connectivity index (χ3v) is 4.04. The smallest absolute Gasteiger partial charge is 0.136 e. The molecular formula is C16H23N3O. The maximum atomic E-state index is 9.02. The number of nitrogens with two attached hydrogens (primary N) is 1. The van der Waals surface area contributed by atoms with E-state index in [1.807, 2.05) is 18.2 Å². The third kappa shape index (κ3) is 3.30. The lowest BCUT2D eigenvalue weighted by Gasteiger charge is -2.38. The Morgan fingerprint density at radius 3 is 2.95 bits per heavy atom. The second kappa shape index (κ2) is 6.74. The molecule has 4 heteroatoms. The average molecular weight is 273 g/mol. The highest BCUT2D eigenvalue weighted by atomic mass is 16.5. The van der Waals surface area contributed by atoms with E-state index in [4.69, 9.17) is 15.7 Å². The van der Waals surface area contributed by atoms with Gasteiger partial charge in [0.15, 0.2) is 0 Å². The summed E-state index contributed by atoms with van der Waals surface area (Å²) in [6.07, 6.45) is 3.67. The molecule has 1 aromatic carbocycles. The molecule has 20 heavy (non-hydrogen) atoms. The van der Waals surface area contributed by atoms with Crippen LogP contribution in [0.5, 0.6) is 5.75 Å². The molecule has 2 rings (SSSR count). The molecule has 2 N–H and O–H groups in total. The van der Waals surface area contributed by atoms with Crippen molar-refractivity contribution < 1.29 is 4.74 Å². The summed E-state index contributed by atoms with van der Waals surface area (Å²) in [5.41, 5.74) is 7.86. The van der Waals surface area contributed by atoms with Crippen LogP contribution in [-0.2, 0) is 6.54 Å². The standard InChI is InChI=1S/C16H23N3O/c1-12(18)15-5-3-4-8-19(15)11-13-6-7-14(10-17)16(9-13)20-2/h6-7,9,12,15H,3-5,8,11,18H2,1-2H3. The molecule has 0 bridgehead atoms. The molecule has 0 saturated carbocycles. The van der Waals surface area contributed by atoms with Crippen LogP contribution in [0.4, 0.5) is 0 Å². The van der Waals surface area contributed by atoms with Gasteiger partial charge < -0.3 is 10.5 Å². The molecule has 0 radical (unpaired) electrons. The van der Waals surface area contributed by atoms with Crippen LogP contribution in [0.3, 0.4) is 0 Å². The molecule has 1 aromatic rings. The molecule has 108 valence electrons. The van der Waals surface area contributed by atoms with E-state index in [2.05, 4.69) is 17.9 Å². The van der Waals surface area contributed by atoms with Gasteiger partial charge in [-0.05, 0) is 44.0 Å². The molecule has 1 fully saturated rings. The molecule has 2 unspecified atom stereocenters. The number of methoxy groups -OCH3 is 1. The molecule has 1 saturated heterocycles. The largest absolute Gasteiger partial charge is 0.495 e. The Labute approximate surface area is 121 Å². The van der Waals surface area contributed by atoms with Gasteiger partial charge in [-0.3, -0.25) is 4.90 Å². The molecule has 0 amide bonds. The molecule has 2 atom stereocenters. The molecule has 4 nitrogen and oxygen atoms in total. The Morgan fingerprint density at radius 2 is 2.30 bits per heavy atom. The molecule has 0 spiro atoms. The van der Waals surface area contributed by atoms with Crippen LogP contribution in [0.15, 0.2) is 18.2 Å². The van der Waals surface area contributed by atoms with Gasteiger partial charge >= 0.3 is 0 Å². The summed E-state index contributed by atoms with van der Waals surface area (Å²) in [7, 11) is 1.60. The van der Waals surface area contributed by atoms with Crippen LogP contribution in [0.25, 0.3) is 0 Å². The molecule has 0 aliphatic carbocycles. The van der Waals surface area contributed by atoms with Gasteiger partial charge in [-0.1, -0.05) is 12.5 Å². The first kappa shape index (κ1) is 14.8. The lowest BCUT2D eigenvalue weighted by molar-refractivity contribution is 0.123. The number of hydrogen-bond acceptors (Lipinski definition) is 4. The number of piperidine rings is 1. The number of benzene rings is 1. The Balaban J connectivity index is 2.14. The fourth-order valence-electron chi connectivity index (χ4n) is 2.97. The summed E-state index contributed by atoms with van der Waals surface area (Å²) in [5.74, 6) is 0.652. The van der Waals surface area contributed by atoms with Gasteiger partial charge in [0, 0.05) is 18.6 Å². The van der Waals surface area contributed by atoms with Crippen molar-refractivity contribution in [1.29, 1.82) is 5.26 Å². The molecular weight excluding hydrogens is 250 g/mol. The number of likely N-dealkylation sites (tertiary alicyclic amines) is 1. The van der Waals surface area contributed by atoms with Crippen molar-refractivity contribution in [3.8, 4) is 11.8 Å². The van der Waals surface area contributed by atoms with E-state index >= 15 is 0 Å². The SMILES string of the molecule is COc1cc(CN2CCCCC2C(C)N)ccc1C#N. The van der Waals surface area contributed by atoms with E-state index in [-0.39, 0.29) is 6.04 Å². The lowest BCUT2D eigenvalue weighted by Crippen LogP contribution is -2.48. The van der Waals surface area contributed by atoms with E-state index < -0.39 is 0 Å². The molecule has 1 heterocycles. The summed E-state index contributed by atoms with van der Waals surface area (Å²) in [4.78, 5) is 2.45. The van der Waals surface area contributed by atoms with Crippen molar-refractivity contribution in [1.82, 2.24) is 4.90 Å². The highest BCUT2D eigenvalue weighted by molar-refractivity contribution is 5.45. The van der Waals surface area contributed by atoms with Crippen molar-refractivity contribution >= 4 is 0 Å². The lowest BCUT2D eigenvalue weighted by atomic mass is 9.96. The van der Waals surface area contributed by atoms with Crippen molar-refractivity contribution in [3.05, 3.63) is 29.3 Å². The minimum Gasteiger partial charge on any atom is -0.495 e. The van der Waals surface area contributed by atoms with E-state index in [1.54, 1.807) is 7.11 Å². The fourth-order valence-corrected chi connectivity index (χ4v) is 2.97. The van der Waals surface area contributed by atoms with E-state index in [1.165, 1.54) is 24.8 Å². The van der Waals surface area contributed by atoms with Gasteiger partial charge in [0.25, 0.3) is 0 Å². The highest BCUT2D eigenvalue weighted by Crippen LogP contribution is 2.24. The predicted octanol–water partition coefficient (Wildman–Crippen LogP) is 2.27. The summed E-state index contributed by atoms with van der Waals surface area (Å²) < 4.78 is 5.27. The Kier molecular flexibility index (Phi) is 4.99. The molecule has 1 aliphatic rings. The first-order valence-corrected chi connectivity index (χ1v) is 7.22. The van der Waals surface area contributed by atoms with Crippen LogP contribution >= 0.6 is 0 Å². The van der Waals surface area contributed by atoms with Gasteiger partial charge in [0.2, 0.25) is 0 Å². The molecule has 1 aliphatic heterocycles. The van der Waals surface area contributed by atoms with Crippen molar-refractivity contribution in [3.63, 3.8) is 0 Å². The van der Waals surface area contributed by atoms with Crippen molar-refractivity contribution in [2.75, 3.05) is 13.7 Å². The number of nitriles is 1. The number of ether oxygens (including phenoxy) is 1. The maximum absolute atomic E-state index is 9.02. The minimum atomic E-state index is 0.190. The predicted molar refractivity (Wildman–Crippen MR) is 79.4 cm³/mol. The summed E-state index contributed by atoms with van der Waals surface area (Å²) >= 11 is 0. The first-order chi connectivity index (χ1) is 9.65. The highest BCUT2D eigenvalue weighted by Gasteiger charge is 2.25. The maximum Gasteiger partial charge on any atom is 0.136 e. The van der Waals surface area contributed by atoms with Crippen LogP contribution in [-0.4, -0.2) is 30.6 Å². The zero-order valence-electron chi connectivity index (χ0n) is 12.3. The number of hydrogen-bond donors (Lipinski definition) is 1. The van der Waals surface area contributed by atoms with Gasteiger partial charge in [-0.25, -0.2) is 0 Å². The van der Waals surface area contributed by atoms with Gasteiger partial charge in [0.05, 0.1) is 12.7 Å². The van der Waals surface area contributed by atoms with Gasteiger partial charge in [0.1, 0.15) is 11.8 Å². The normalized spacial score (nSPS) is 21.2. The van der Waals surface area contributed by atoms with Gasteiger partial charge in [-0.15, -0.1) is 0 Å². The Hall–Kier alpha value is -1.57. The first-order valence-electron chi connectivity index (χ1n) is 7.22. The molecule has 0 aromatic heterocycles. The minimum absolute atomic E-state index is 0.190. The van der Waals surface area contributed by atoms with Gasteiger partial charge in [-0.2, -0.15) is 5.26 Å². The third-order valence-electron chi connectivity index (χ3n) is 4.04. The number of rotatable bonds is 4. The number of nitrogens with zero attached hydrogens (tertiary/aromatic N) is 2. The summed E-state index contributed by atoms with van der Waals surface area (Å²) in [6.45, 7) is 4.05. The second-order valence-corrected chi connectivity index (χ2v) is 5.54. The van der Waals surface area contributed by atoms with E-state index in [0.29, 0.717) is 17.4 Å². The summed E-state index contributed by atoms with van der Waals surface area (Å²) in [5, 5.41) is 9.02. The monoisotopic (exact) mass is 273 g/mol. The topological polar surface area (TPSA) is 62.3 Å². The zero-order chi connectivity index (χ0) is 14.5. The Bertz CT molecular complexity index is 493. The second-order valence-electron chi connectivity index (χ2n) is 5.54. The summed E-state index contributed by atoms with van der Waals surface area (Å²) in [6, 6.07) is 8.59. The fraction of sp³-hybridized carbons (Fsp3) is 0.562. The van der Waals surface area contributed by atoms with Crippen molar-refractivity contribution in [2.24, 2.45) is 5.73 Å². The van der Waals surface area contributed by atoms with E-state index in [9.17, 15) is 0 Å².